The van der Waals surface area contributed by atoms with Crippen molar-refractivity contribution >= 4 is 11.5 Å². The van der Waals surface area contributed by atoms with Crippen LogP contribution in [-0.2, 0) is 9.53 Å². The van der Waals surface area contributed by atoms with Crippen molar-refractivity contribution in [2.45, 2.75) is 6.35 Å². The van der Waals surface area contributed by atoms with Crippen LogP contribution in [0.5, 0.6) is 5.75 Å². The summed E-state index contributed by atoms with van der Waals surface area (Å²) in [6.45, 7) is 0. The Kier molecular flexibility index (Phi) is 3.97. The molecular formula is C17H19N3O3. The van der Waals surface area contributed by atoms with E-state index in [0.29, 0.717) is 5.70 Å². The second-order valence-corrected chi connectivity index (χ2v) is 5.42. The van der Waals surface area contributed by atoms with Gasteiger partial charge in [-0.05, 0) is 12.1 Å². The highest BCUT2D eigenvalue weighted by Crippen LogP contribution is 2.33. The SMILES string of the molecule is COc1cccc(C2=C(C(=O)/C=C/N(C)C)N3C=CO[C@H]3N2)c1. The first-order chi connectivity index (χ1) is 11.1. The molecule has 0 amide bonds. The third-order valence-electron chi connectivity index (χ3n) is 3.56. The van der Waals surface area contributed by atoms with E-state index < -0.39 is 0 Å². The van der Waals surface area contributed by atoms with Crippen LogP contribution in [0.4, 0.5) is 0 Å². The average molecular weight is 313 g/mol. The molecule has 2 aliphatic rings. The molecule has 0 radical (unpaired) electrons. The van der Waals surface area contributed by atoms with Crippen molar-refractivity contribution in [3.05, 3.63) is 60.3 Å². The van der Waals surface area contributed by atoms with Crippen molar-refractivity contribution < 1.29 is 14.3 Å². The molecule has 0 aromatic heterocycles. The standard InChI is InChI=1S/C17H19N3O3/c1-19(2)8-7-14(21)16-15(18-17-20(16)9-10-23-17)12-5-4-6-13(11-12)22-3/h4-11,17-18H,1-3H3/b8-7+/t17-/m0/s1. The molecule has 6 nitrogen and oxygen atoms in total. The van der Waals surface area contributed by atoms with Gasteiger partial charge in [-0.1, -0.05) is 12.1 Å². The van der Waals surface area contributed by atoms with Gasteiger partial charge >= 0.3 is 0 Å². The number of carbonyl (C=O) groups is 1. The molecule has 0 aliphatic carbocycles. The summed E-state index contributed by atoms with van der Waals surface area (Å²) in [5.41, 5.74) is 2.15. The molecule has 0 bridgehead atoms. The summed E-state index contributed by atoms with van der Waals surface area (Å²) in [5.74, 6) is 0.637. The van der Waals surface area contributed by atoms with Crippen molar-refractivity contribution in [3.8, 4) is 5.75 Å². The van der Waals surface area contributed by atoms with Gasteiger partial charge in [-0.25, -0.2) is 0 Å². The van der Waals surface area contributed by atoms with Crippen molar-refractivity contribution in [2.24, 2.45) is 0 Å². The Hall–Kier alpha value is -2.89. The molecule has 1 aromatic rings. The predicted octanol–water partition coefficient (Wildman–Crippen LogP) is 1.70. The van der Waals surface area contributed by atoms with Crippen molar-refractivity contribution in [2.75, 3.05) is 21.2 Å². The molecular weight excluding hydrogens is 294 g/mol. The number of methoxy groups -OCH3 is 1. The number of ketones is 1. The van der Waals surface area contributed by atoms with Gasteiger partial charge in [0.2, 0.25) is 5.78 Å². The van der Waals surface area contributed by atoms with Gasteiger partial charge < -0.3 is 19.7 Å². The Labute approximate surface area is 135 Å². The largest absolute Gasteiger partial charge is 0.497 e. The van der Waals surface area contributed by atoms with Crippen LogP contribution in [-0.4, -0.2) is 43.1 Å². The average Bonchev–Trinajstić information content (AvgIpc) is 3.13. The summed E-state index contributed by atoms with van der Waals surface area (Å²) in [6.07, 6.45) is 6.21. The lowest BCUT2D eigenvalue weighted by Crippen LogP contribution is -2.32. The number of ether oxygens (including phenoxy) is 2. The van der Waals surface area contributed by atoms with E-state index in [9.17, 15) is 4.79 Å². The van der Waals surface area contributed by atoms with Crippen LogP contribution >= 0.6 is 0 Å². The normalized spacial score (nSPS) is 18.9. The lowest BCUT2D eigenvalue weighted by molar-refractivity contribution is -0.112. The number of fused-ring (bicyclic) bond motifs is 1. The molecule has 1 N–H and O–H groups in total. The molecule has 120 valence electrons. The second kappa shape index (κ2) is 6.08. The first kappa shape index (κ1) is 15.0. The van der Waals surface area contributed by atoms with Crippen LogP contribution in [0.1, 0.15) is 5.56 Å². The third-order valence-corrected chi connectivity index (χ3v) is 3.56. The van der Waals surface area contributed by atoms with E-state index >= 15 is 0 Å². The lowest BCUT2D eigenvalue weighted by Gasteiger charge is -2.16. The van der Waals surface area contributed by atoms with E-state index in [1.165, 1.54) is 0 Å². The van der Waals surface area contributed by atoms with E-state index in [2.05, 4.69) is 5.32 Å². The fraction of sp³-hybridized carbons (Fsp3) is 0.235. The zero-order valence-electron chi connectivity index (χ0n) is 13.3. The topological polar surface area (TPSA) is 54.0 Å². The molecule has 0 unspecified atom stereocenters. The molecule has 23 heavy (non-hydrogen) atoms. The quantitative estimate of drug-likeness (QED) is 0.835. The highest BCUT2D eigenvalue weighted by molar-refractivity contribution is 6.09. The summed E-state index contributed by atoms with van der Waals surface area (Å²) < 4.78 is 10.7. The highest BCUT2D eigenvalue weighted by atomic mass is 16.5. The summed E-state index contributed by atoms with van der Waals surface area (Å²) in [7, 11) is 5.36. The number of rotatable bonds is 5. The lowest BCUT2D eigenvalue weighted by atomic mass is 10.1. The molecule has 1 atom stereocenters. The fourth-order valence-electron chi connectivity index (χ4n) is 2.48. The number of carbonyl (C=O) groups excluding carboxylic acids is 1. The van der Waals surface area contributed by atoms with Gasteiger partial charge in [0.05, 0.1) is 12.8 Å². The molecule has 2 aliphatic heterocycles. The van der Waals surface area contributed by atoms with Gasteiger partial charge in [0.1, 0.15) is 17.7 Å². The molecule has 0 spiro atoms. The molecule has 1 aromatic carbocycles. The molecule has 0 saturated carbocycles. The summed E-state index contributed by atoms with van der Waals surface area (Å²) in [4.78, 5) is 16.3. The van der Waals surface area contributed by atoms with Crippen molar-refractivity contribution in [1.82, 2.24) is 15.1 Å². The number of nitrogens with one attached hydrogen (secondary N) is 1. The highest BCUT2D eigenvalue weighted by Gasteiger charge is 2.37. The molecule has 2 heterocycles. The van der Waals surface area contributed by atoms with Crippen LogP contribution in [0.3, 0.4) is 0 Å². The van der Waals surface area contributed by atoms with Gasteiger partial charge in [-0.3, -0.25) is 9.69 Å². The van der Waals surface area contributed by atoms with E-state index in [0.717, 1.165) is 17.0 Å². The van der Waals surface area contributed by atoms with E-state index in [1.807, 2.05) is 43.3 Å². The minimum absolute atomic E-state index is 0.0957. The van der Waals surface area contributed by atoms with Crippen LogP contribution in [0.2, 0.25) is 0 Å². The van der Waals surface area contributed by atoms with Gasteiger partial charge in [-0.15, -0.1) is 0 Å². The van der Waals surface area contributed by atoms with E-state index in [4.69, 9.17) is 9.47 Å². The van der Waals surface area contributed by atoms with Crippen LogP contribution in [0.15, 0.2) is 54.7 Å². The zero-order valence-corrected chi connectivity index (χ0v) is 13.3. The Morgan fingerprint density at radius 2 is 2.26 bits per heavy atom. The number of benzene rings is 1. The Morgan fingerprint density at radius 3 is 3.00 bits per heavy atom. The van der Waals surface area contributed by atoms with Gasteiger partial charge in [0.25, 0.3) is 6.35 Å². The van der Waals surface area contributed by atoms with E-state index in [1.54, 1.807) is 36.7 Å². The maximum Gasteiger partial charge on any atom is 0.254 e. The number of hydrogen-bond donors (Lipinski definition) is 1. The summed E-state index contributed by atoms with van der Waals surface area (Å²) in [6, 6.07) is 7.57. The van der Waals surface area contributed by atoms with Crippen LogP contribution < -0.4 is 10.1 Å². The molecule has 3 rings (SSSR count). The van der Waals surface area contributed by atoms with Crippen LogP contribution in [0.25, 0.3) is 5.70 Å². The number of nitrogens with zero attached hydrogens (tertiary/aromatic N) is 2. The summed E-state index contributed by atoms with van der Waals surface area (Å²) >= 11 is 0. The third kappa shape index (κ3) is 2.88. The zero-order chi connectivity index (χ0) is 16.4. The summed E-state index contributed by atoms with van der Waals surface area (Å²) in [5, 5.41) is 3.24. The van der Waals surface area contributed by atoms with Gasteiger partial charge in [0, 0.05) is 38.1 Å². The van der Waals surface area contributed by atoms with Crippen molar-refractivity contribution in [1.29, 1.82) is 0 Å². The Balaban J connectivity index is 2.03. The molecule has 0 fully saturated rings. The van der Waals surface area contributed by atoms with E-state index in [-0.39, 0.29) is 12.1 Å². The first-order valence-electron chi connectivity index (χ1n) is 7.25. The number of hydrogen-bond acceptors (Lipinski definition) is 6. The fourth-order valence-corrected chi connectivity index (χ4v) is 2.48. The minimum Gasteiger partial charge on any atom is -0.497 e. The second-order valence-electron chi connectivity index (χ2n) is 5.42. The Morgan fingerprint density at radius 1 is 1.43 bits per heavy atom. The molecule has 0 saturated heterocycles. The van der Waals surface area contributed by atoms with Gasteiger partial charge in [0.15, 0.2) is 0 Å². The number of allylic oxidation sites excluding steroid dienone is 1. The van der Waals surface area contributed by atoms with Gasteiger partial charge in [-0.2, -0.15) is 0 Å². The maximum absolute atomic E-state index is 12.7. The smallest absolute Gasteiger partial charge is 0.254 e. The minimum atomic E-state index is -0.386. The van der Waals surface area contributed by atoms with Crippen molar-refractivity contribution in [3.63, 3.8) is 0 Å². The molecule has 6 heteroatoms. The first-order valence-corrected chi connectivity index (χ1v) is 7.25. The van der Waals surface area contributed by atoms with Crippen LogP contribution in [0, 0.1) is 0 Å². The monoisotopic (exact) mass is 313 g/mol. The Bertz CT molecular complexity index is 707. The predicted molar refractivity (Wildman–Crippen MR) is 86.7 cm³/mol. The maximum atomic E-state index is 12.7.